The Labute approximate surface area is 219 Å². The van der Waals surface area contributed by atoms with Crippen LogP contribution in [-0.4, -0.2) is 67.0 Å². The van der Waals surface area contributed by atoms with Crippen LogP contribution in [0.4, 0.5) is 5.69 Å². The van der Waals surface area contributed by atoms with Crippen molar-refractivity contribution in [1.29, 1.82) is 0 Å². The Morgan fingerprint density at radius 3 is 2.59 bits per heavy atom. The van der Waals surface area contributed by atoms with E-state index in [9.17, 15) is 9.90 Å². The summed E-state index contributed by atoms with van der Waals surface area (Å²) in [5.74, 6) is 0.545. The number of amides is 1. The first-order valence-corrected chi connectivity index (χ1v) is 12.1. The number of methoxy groups -OCH3 is 2. The molecule has 9 nitrogen and oxygen atoms in total. The molecule has 0 saturated heterocycles. The van der Waals surface area contributed by atoms with Crippen molar-refractivity contribution in [2.45, 2.75) is 26.7 Å². The number of rotatable bonds is 12. The molecule has 0 aliphatic heterocycles. The van der Waals surface area contributed by atoms with Crippen molar-refractivity contribution in [3.05, 3.63) is 83.9 Å². The molecule has 198 valence electrons. The number of nitrogens with zero attached hydrogens (tertiary/aromatic N) is 4. The predicted molar refractivity (Wildman–Crippen MR) is 145 cm³/mol. The number of aromatic nitrogens is 3. The maximum Gasteiger partial charge on any atom is 0.269 e. The Morgan fingerprint density at radius 1 is 1.14 bits per heavy atom. The van der Waals surface area contributed by atoms with Crippen molar-refractivity contribution in [3.8, 4) is 11.3 Å². The first kappa shape index (κ1) is 29.4. The third kappa shape index (κ3) is 9.29. The number of aryl methyl sites for hydroxylation is 1. The number of hydrogen-bond donors (Lipinski definition) is 2. The van der Waals surface area contributed by atoms with Gasteiger partial charge in [-0.3, -0.25) is 19.7 Å². The van der Waals surface area contributed by atoms with Gasteiger partial charge in [0.15, 0.2) is 0 Å². The molecule has 0 spiro atoms. The lowest BCUT2D eigenvalue weighted by Crippen LogP contribution is -2.24. The first-order valence-electron chi connectivity index (χ1n) is 12.1. The van der Waals surface area contributed by atoms with Crippen LogP contribution in [0.2, 0.25) is 0 Å². The van der Waals surface area contributed by atoms with Crippen LogP contribution in [0.1, 0.15) is 35.9 Å². The number of aliphatic hydroxyl groups excluding tert-OH is 1. The number of pyridine rings is 1. The standard InChI is InChI=1S/C28H37N5O4/c1-6-25(37-5)19-24(12-17-36-4)33(15-7-16-34)23-9-8-21(2)32-20-27(31-14-11-23)22-10-13-30-26(18-22)28(35)29-3/h8-14,18-20,34H,6-7,15-17H2,1-5H3,(H,29,35)/b9-8?,14-11?,21-8?,23-9?,23-11?,24-12+,25-19+,27-20?,31-14?,31-27?,32-20?,32-21?. The third-order valence-corrected chi connectivity index (χ3v) is 5.40. The average Bonchev–Trinajstić information content (AvgIpc) is 2.93. The van der Waals surface area contributed by atoms with Crippen LogP contribution in [0.15, 0.2) is 72.5 Å². The van der Waals surface area contributed by atoms with Crippen LogP contribution in [0.5, 0.6) is 0 Å². The number of aliphatic hydroxyl groups is 1. The van der Waals surface area contributed by atoms with E-state index in [-0.39, 0.29) is 12.5 Å². The molecule has 2 heterocycles. The Kier molecular flexibility index (Phi) is 12.7. The molecular formula is C28H37N5O4. The van der Waals surface area contributed by atoms with Crippen LogP contribution in [0.25, 0.3) is 11.3 Å². The monoisotopic (exact) mass is 507 g/mol. The van der Waals surface area contributed by atoms with E-state index in [1.165, 1.54) is 0 Å². The van der Waals surface area contributed by atoms with E-state index in [1.54, 1.807) is 52.0 Å². The van der Waals surface area contributed by atoms with Gasteiger partial charge in [-0.05, 0) is 55.8 Å². The molecule has 0 radical (unpaired) electrons. The molecule has 1 amide bonds. The molecule has 2 aromatic rings. The molecule has 0 aromatic carbocycles. The van der Waals surface area contributed by atoms with Gasteiger partial charge in [0.1, 0.15) is 5.69 Å². The minimum absolute atomic E-state index is 0.0524. The fraction of sp³-hybridized carbons (Fsp3) is 0.357. The zero-order valence-electron chi connectivity index (χ0n) is 22.3. The lowest BCUT2D eigenvalue weighted by atomic mass is 10.1. The maximum atomic E-state index is 12.1. The van der Waals surface area contributed by atoms with Crippen molar-refractivity contribution >= 4 is 11.6 Å². The molecule has 0 bridgehead atoms. The molecule has 0 saturated carbocycles. The summed E-state index contributed by atoms with van der Waals surface area (Å²) in [5, 5.41) is 12.2. The van der Waals surface area contributed by atoms with Crippen molar-refractivity contribution < 1.29 is 19.4 Å². The zero-order valence-corrected chi connectivity index (χ0v) is 22.3. The van der Waals surface area contributed by atoms with Crippen molar-refractivity contribution in [1.82, 2.24) is 20.3 Å². The zero-order chi connectivity index (χ0) is 27.0. The van der Waals surface area contributed by atoms with Gasteiger partial charge < -0.3 is 24.8 Å². The quantitative estimate of drug-likeness (QED) is 0.328. The molecule has 37 heavy (non-hydrogen) atoms. The van der Waals surface area contributed by atoms with Crippen molar-refractivity contribution in [2.24, 2.45) is 0 Å². The third-order valence-electron chi connectivity index (χ3n) is 5.40. The Bertz CT molecular complexity index is 1140. The molecule has 2 rings (SSSR count). The fourth-order valence-electron chi connectivity index (χ4n) is 3.39. The number of carbonyl (C=O) groups excluding carboxylic acids is 1. The van der Waals surface area contributed by atoms with Crippen LogP contribution < -0.4 is 10.2 Å². The minimum Gasteiger partial charge on any atom is -0.501 e. The summed E-state index contributed by atoms with van der Waals surface area (Å²) in [6.07, 6.45) is 10.2. The van der Waals surface area contributed by atoms with E-state index in [2.05, 4.69) is 25.2 Å². The first-order chi connectivity index (χ1) is 18.0. The van der Waals surface area contributed by atoms with Crippen molar-refractivity contribution in [2.75, 3.05) is 45.9 Å². The van der Waals surface area contributed by atoms with E-state index in [1.807, 2.05) is 44.2 Å². The molecule has 0 aliphatic rings. The number of nitrogens with one attached hydrogen (secondary N) is 1. The van der Waals surface area contributed by atoms with E-state index in [0.717, 1.165) is 29.3 Å². The van der Waals surface area contributed by atoms with Gasteiger partial charge in [-0.15, -0.1) is 0 Å². The average molecular weight is 508 g/mol. The summed E-state index contributed by atoms with van der Waals surface area (Å²) in [7, 11) is 4.86. The van der Waals surface area contributed by atoms with Gasteiger partial charge in [-0.1, -0.05) is 6.92 Å². The van der Waals surface area contributed by atoms with Gasteiger partial charge in [0.05, 0.1) is 31.4 Å². The fourth-order valence-corrected chi connectivity index (χ4v) is 3.39. The summed E-state index contributed by atoms with van der Waals surface area (Å²) in [6.45, 7) is 4.95. The number of hydrogen-bond acceptors (Lipinski definition) is 8. The highest BCUT2D eigenvalue weighted by molar-refractivity contribution is 5.93. The summed E-state index contributed by atoms with van der Waals surface area (Å²) >= 11 is 0. The molecule has 2 N–H and O–H groups in total. The SMILES string of the molecule is CC/C(=C\C(=C/COC)N(CCCO)c1ccnc(-c2ccnc(C(=O)NC)c2)cnc(C)cc1)OC. The molecular weight excluding hydrogens is 470 g/mol. The second kappa shape index (κ2) is 16.0. The lowest BCUT2D eigenvalue weighted by Gasteiger charge is -2.26. The highest BCUT2D eigenvalue weighted by Crippen LogP contribution is 2.22. The Morgan fingerprint density at radius 2 is 1.92 bits per heavy atom. The number of allylic oxidation sites excluding steroid dienone is 2. The molecule has 2 aromatic heterocycles. The lowest BCUT2D eigenvalue weighted by molar-refractivity contribution is 0.0958. The van der Waals surface area contributed by atoms with Gasteiger partial charge in [-0.2, -0.15) is 0 Å². The Hall–Kier alpha value is -3.82. The van der Waals surface area contributed by atoms with E-state index >= 15 is 0 Å². The van der Waals surface area contributed by atoms with E-state index < -0.39 is 0 Å². The molecule has 0 unspecified atom stereocenters. The second-order valence-electron chi connectivity index (χ2n) is 7.98. The molecule has 0 atom stereocenters. The largest absolute Gasteiger partial charge is 0.501 e. The highest BCUT2D eigenvalue weighted by Gasteiger charge is 2.12. The summed E-state index contributed by atoms with van der Waals surface area (Å²) in [6, 6.07) is 9.24. The van der Waals surface area contributed by atoms with Crippen LogP contribution in [-0.2, 0) is 9.47 Å². The summed E-state index contributed by atoms with van der Waals surface area (Å²) in [5.41, 5.74) is 4.10. The second-order valence-corrected chi connectivity index (χ2v) is 7.98. The number of ether oxygens (including phenoxy) is 2. The summed E-state index contributed by atoms with van der Waals surface area (Å²) < 4.78 is 10.8. The molecule has 9 heteroatoms. The van der Waals surface area contributed by atoms with Crippen LogP contribution in [0.3, 0.4) is 0 Å². The highest BCUT2D eigenvalue weighted by atomic mass is 16.5. The van der Waals surface area contributed by atoms with Gasteiger partial charge in [0.25, 0.3) is 5.91 Å². The smallest absolute Gasteiger partial charge is 0.269 e. The predicted octanol–water partition coefficient (Wildman–Crippen LogP) is 3.99. The molecule has 0 fully saturated rings. The number of carbonyl (C=O) groups is 1. The summed E-state index contributed by atoms with van der Waals surface area (Å²) in [4.78, 5) is 27.5. The van der Waals surface area contributed by atoms with Gasteiger partial charge >= 0.3 is 0 Å². The van der Waals surface area contributed by atoms with Crippen LogP contribution >= 0.6 is 0 Å². The maximum absolute atomic E-state index is 12.1. The van der Waals surface area contributed by atoms with Gasteiger partial charge in [-0.25, -0.2) is 0 Å². The normalized spacial score (nSPS) is 11.5. The van der Waals surface area contributed by atoms with Gasteiger partial charge in [0, 0.05) is 68.8 Å². The topological polar surface area (TPSA) is 110 Å². The minimum atomic E-state index is -0.276. The van der Waals surface area contributed by atoms with Crippen molar-refractivity contribution in [3.63, 3.8) is 0 Å². The Balaban J connectivity index is 2.67. The van der Waals surface area contributed by atoms with E-state index in [0.29, 0.717) is 36.5 Å². The van der Waals surface area contributed by atoms with Crippen LogP contribution in [0, 0.1) is 6.92 Å². The molecule has 0 aliphatic carbocycles. The number of anilines is 1. The van der Waals surface area contributed by atoms with E-state index in [4.69, 9.17) is 9.47 Å². The van der Waals surface area contributed by atoms with Gasteiger partial charge in [0.2, 0.25) is 0 Å².